The predicted octanol–water partition coefficient (Wildman–Crippen LogP) is 5.83. The van der Waals surface area contributed by atoms with Crippen LogP contribution in [0.2, 0.25) is 0 Å². The minimum Gasteiger partial charge on any atom is -0.308 e. The van der Waals surface area contributed by atoms with Crippen molar-refractivity contribution in [1.29, 1.82) is 0 Å². The highest BCUT2D eigenvalue weighted by Gasteiger charge is 2.27. The van der Waals surface area contributed by atoms with Crippen molar-refractivity contribution in [2.24, 2.45) is 0 Å². The highest BCUT2D eigenvalue weighted by atomic mass is 32.1. The van der Waals surface area contributed by atoms with Crippen molar-refractivity contribution in [3.05, 3.63) is 64.0 Å². The molecule has 188 valence electrons. The molecule has 2 heterocycles. The first kappa shape index (κ1) is 24.7. The Kier molecular flexibility index (Phi) is 7.21. The van der Waals surface area contributed by atoms with Gasteiger partial charge in [-0.2, -0.15) is 0 Å². The minimum atomic E-state index is -0.0114. The summed E-state index contributed by atoms with van der Waals surface area (Å²) in [6.07, 6.45) is 6.99. The zero-order chi connectivity index (χ0) is 25.2. The van der Waals surface area contributed by atoms with Crippen molar-refractivity contribution < 1.29 is 9.59 Å². The maximum absolute atomic E-state index is 13.2. The number of benzene rings is 2. The fourth-order valence-corrected chi connectivity index (χ4v) is 6.32. The van der Waals surface area contributed by atoms with Gasteiger partial charge in [-0.1, -0.05) is 43.5 Å². The number of hydrogen-bond donors (Lipinski definition) is 1. The maximum Gasteiger partial charge on any atom is 0.258 e. The molecule has 1 aliphatic heterocycles. The molecule has 1 N–H and O–H groups in total. The topological polar surface area (TPSA) is 65.5 Å². The van der Waals surface area contributed by atoms with E-state index in [2.05, 4.69) is 16.3 Å². The number of carbonyl (C=O) groups excluding carboxylic acids is 2. The molecule has 2 aliphatic rings. The normalized spacial score (nSPS) is 15.8. The van der Waals surface area contributed by atoms with E-state index in [1.807, 2.05) is 62.2 Å². The molecule has 0 saturated heterocycles. The largest absolute Gasteiger partial charge is 0.308 e. The van der Waals surface area contributed by atoms with Gasteiger partial charge in [0.15, 0.2) is 5.13 Å². The van der Waals surface area contributed by atoms with Crippen LogP contribution in [0.1, 0.15) is 58.5 Å². The zero-order valence-corrected chi connectivity index (χ0v) is 22.2. The summed E-state index contributed by atoms with van der Waals surface area (Å²) in [5, 5.41) is 3.65. The Bertz CT molecular complexity index is 1280. The van der Waals surface area contributed by atoms with Crippen LogP contribution in [0.25, 0.3) is 11.3 Å². The molecule has 1 aliphatic carbocycles. The summed E-state index contributed by atoms with van der Waals surface area (Å²) in [5.41, 5.74) is 5.78. The number of aromatic nitrogens is 1. The van der Waals surface area contributed by atoms with Crippen LogP contribution in [-0.2, 0) is 11.2 Å². The fourth-order valence-electron chi connectivity index (χ4n) is 5.47. The molecule has 0 unspecified atom stereocenters. The first-order valence-corrected chi connectivity index (χ1v) is 13.7. The van der Waals surface area contributed by atoms with Crippen LogP contribution in [0.3, 0.4) is 0 Å². The number of amides is 2. The second kappa shape index (κ2) is 10.5. The van der Waals surface area contributed by atoms with Crippen molar-refractivity contribution >= 4 is 34.0 Å². The van der Waals surface area contributed by atoms with E-state index in [0.717, 1.165) is 44.9 Å². The average molecular weight is 503 g/mol. The van der Waals surface area contributed by atoms with Crippen LogP contribution in [-0.4, -0.2) is 47.9 Å². The van der Waals surface area contributed by atoms with Crippen molar-refractivity contribution in [2.45, 2.75) is 58.4 Å². The molecule has 2 amide bonds. The molecule has 0 radical (unpaired) electrons. The molecule has 36 heavy (non-hydrogen) atoms. The Balaban J connectivity index is 1.28. The second-order valence-corrected chi connectivity index (χ2v) is 11.2. The quantitative estimate of drug-likeness (QED) is 0.460. The first-order valence-electron chi connectivity index (χ1n) is 12.9. The fraction of sp³-hybridized carbons (Fsp3) is 0.414. The summed E-state index contributed by atoms with van der Waals surface area (Å²) in [7, 11) is 2.05. The summed E-state index contributed by atoms with van der Waals surface area (Å²) < 4.78 is 0. The highest BCUT2D eigenvalue weighted by Crippen LogP contribution is 2.36. The summed E-state index contributed by atoms with van der Waals surface area (Å²) in [5.74, 6) is 0.0373. The van der Waals surface area contributed by atoms with Crippen molar-refractivity contribution in [3.8, 4) is 11.3 Å². The van der Waals surface area contributed by atoms with Crippen molar-refractivity contribution in [3.63, 3.8) is 0 Å². The molecular weight excluding hydrogens is 468 g/mol. The number of fused-ring (bicyclic) bond motifs is 1. The monoisotopic (exact) mass is 502 g/mol. The molecule has 7 heteroatoms. The van der Waals surface area contributed by atoms with Gasteiger partial charge in [-0.25, -0.2) is 4.98 Å². The average Bonchev–Trinajstić information content (AvgIpc) is 3.46. The summed E-state index contributed by atoms with van der Waals surface area (Å²) in [6, 6.07) is 14.4. The molecule has 2 aromatic carbocycles. The summed E-state index contributed by atoms with van der Waals surface area (Å²) in [6.45, 7) is 5.08. The standard InChI is InChI=1S/C29H34N4O2S/c1-19-9-7-8-12-24(19)28(35)33-16-15-21-17-22(13-14-25(21)33)27-20(2)36-29(31-27)30-26(34)18-32(3)23-10-5-4-6-11-23/h7-9,12-14,17,23H,4-6,10-11,15-16,18H2,1-3H3,(H,30,31,34). The molecule has 1 aromatic heterocycles. The Labute approximate surface area is 217 Å². The second-order valence-electron chi connectivity index (χ2n) is 10.0. The Morgan fingerprint density at radius 2 is 1.89 bits per heavy atom. The lowest BCUT2D eigenvalue weighted by molar-refractivity contribution is -0.117. The number of nitrogens with zero attached hydrogens (tertiary/aromatic N) is 3. The van der Waals surface area contributed by atoms with Crippen LogP contribution >= 0.6 is 11.3 Å². The SMILES string of the molecule is Cc1ccccc1C(=O)N1CCc2cc(-c3nc(NC(=O)CN(C)C4CCCCC4)sc3C)ccc21. The molecule has 1 saturated carbocycles. The number of aryl methyl sites for hydroxylation is 2. The molecule has 0 atom stereocenters. The van der Waals surface area contributed by atoms with E-state index >= 15 is 0 Å². The predicted molar refractivity (Wildman–Crippen MR) is 147 cm³/mol. The Hall–Kier alpha value is -3.03. The number of hydrogen-bond acceptors (Lipinski definition) is 5. The third kappa shape index (κ3) is 5.08. The van der Waals surface area contributed by atoms with Gasteiger partial charge < -0.3 is 10.2 Å². The van der Waals surface area contributed by atoms with E-state index in [1.54, 1.807) is 0 Å². The third-order valence-corrected chi connectivity index (χ3v) is 8.39. The van der Waals surface area contributed by atoms with Crippen LogP contribution < -0.4 is 10.2 Å². The molecule has 1 fully saturated rings. The maximum atomic E-state index is 13.2. The van der Waals surface area contributed by atoms with Gasteiger partial charge in [0.2, 0.25) is 5.91 Å². The molecule has 0 bridgehead atoms. The van der Waals surface area contributed by atoms with Crippen LogP contribution in [0.15, 0.2) is 42.5 Å². The molecule has 5 rings (SSSR count). The van der Waals surface area contributed by atoms with E-state index in [4.69, 9.17) is 4.98 Å². The van der Waals surface area contributed by atoms with E-state index in [0.29, 0.717) is 24.3 Å². The van der Waals surface area contributed by atoms with Gasteiger partial charge in [0.25, 0.3) is 5.91 Å². The lowest BCUT2D eigenvalue weighted by Crippen LogP contribution is -2.39. The number of nitrogens with one attached hydrogen (secondary N) is 1. The van der Waals surface area contributed by atoms with Crippen LogP contribution in [0.4, 0.5) is 10.8 Å². The van der Waals surface area contributed by atoms with Crippen LogP contribution in [0.5, 0.6) is 0 Å². The van der Waals surface area contributed by atoms with Gasteiger partial charge in [0.1, 0.15) is 0 Å². The van der Waals surface area contributed by atoms with Gasteiger partial charge in [-0.3, -0.25) is 14.5 Å². The van der Waals surface area contributed by atoms with Gasteiger partial charge in [-0.15, -0.1) is 11.3 Å². The Morgan fingerprint density at radius 3 is 2.67 bits per heavy atom. The smallest absolute Gasteiger partial charge is 0.258 e. The van der Waals surface area contributed by atoms with Crippen LogP contribution in [0, 0.1) is 13.8 Å². The molecule has 3 aromatic rings. The number of anilines is 2. The number of rotatable bonds is 6. The molecular formula is C29H34N4O2S. The van der Waals surface area contributed by atoms with Gasteiger partial charge >= 0.3 is 0 Å². The van der Waals surface area contributed by atoms with E-state index in [-0.39, 0.29) is 11.8 Å². The van der Waals surface area contributed by atoms with Crippen molar-refractivity contribution in [2.75, 3.05) is 30.4 Å². The number of thiazole rings is 1. The number of carbonyl (C=O) groups is 2. The van der Waals surface area contributed by atoms with E-state index < -0.39 is 0 Å². The zero-order valence-electron chi connectivity index (χ0n) is 21.3. The summed E-state index contributed by atoms with van der Waals surface area (Å²) >= 11 is 1.51. The summed E-state index contributed by atoms with van der Waals surface area (Å²) in [4.78, 5) is 35.8. The molecule has 6 nitrogen and oxygen atoms in total. The number of likely N-dealkylation sites (N-methyl/N-ethyl adjacent to an activating group) is 1. The van der Waals surface area contributed by atoms with E-state index in [9.17, 15) is 9.59 Å². The molecule has 0 spiro atoms. The highest BCUT2D eigenvalue weighted by molar-refractivity contribution is 7.16. The lowest BCUT2D eigenvalue weighted by Gasteiger charge is -2.30. The van der Waals surface area contributed by atoms with Gasteiger partial charge in [0, 0.05) is 34.3 Å². The van der Waals surface area contributed by atoms with Gasteiger partial charge in [-0.05, 0) is 69.5 Å². The van der Waals surface area contributed by atoms with E-state index in [1.165, 1.54) is 43.4 Å². The van der Waals surface area contributed by atoms with Gasteiger partial charge in [0.05, 0.1) is 12.2 Å². The first-order chi connectivity index (χ1) is 17.4. The lowest BCUT2D eigenvalue weighted by atomic mass is 9.94. The van der Waals surface area contributed by atoms with Crippen molar-refractivity contribution in [1.82, 2.24) is 9.88 Å². The minimum absolute atomic E-state index is 0.0114. The third-order valence-electron chi connectivity index (χ3n) is 7.50. The Morgan fingerprint density at radius 1 is 1.11 bits per heavy atom.